The van der Waals surface area contributed by atoms with Crippen LogP contribution in [-0.2, 0) is 0 Å². The Labute approximate surface area is 158 Å². The van der Waals surface area contributed by atoms with E-state index in [1.165, 1.54) is 0 Å². The number of para-hydroxylation sites is 1. The van der Waals surface area contributed by atoms with Gasteiger partial charge in [-0.25, -0.2) is 4.79 Å². The molecule has 2 N–H and O–H groups in total. The quantitative estimate of drug-likeness (QED) is 0.706. The van der Waals surface area contributed by atoms with Crippen LogP contribution in [0.1, 0.15) is 22.7 Å². The first-order valence-corrected chi connectivity index (χ1v) is 8.87. The maximum Gasteiger partial charge on any atom is 0.320 e. The second-order valence-electron chi connectivity index (χ2n) is 6.46. The molecule has 4 heteroatoms. The summed E-state index contributed by atoms with van der Waals surface area (Å²) >= 11 is 0. The molecule has 0 aliphatic carbocycles. The Bertz CT molecular complexity index is 964. The van der Waals surface area contributed by atoms with Crippen LogP contribution >= 0.6 is 0 Å². The number of urea groups is 1. The summed E-state index contributed by atoms with van der Waals surface area (Å²) < 4.78 is 6.27. The van der Waals surface area contributed by atoms with Crippen molar-refractivity contribution in [1.82, 2.24) is 10.6 Å². The van der Waals surface area contributed by atoms with E-state index in [2.05, 4.69) is 10.6 Å². The molecular formula is C23H20N2O2. The van der Waals surface area contributed by atoms with Crippen LogP contribution in [0.4, 0.5) is 4.79 Å². The molecule has 1 aliphatic rings. The molecule has 0 bridgehead atoms. The van der Waals surface area contributed by atoms with Crippen LogP contribution in [0.15, 0.2) is 90.7 Å². The van der Waals surface area contributed by atoms with Gasteiger partial charge in [-0.3, -0.25) is 0 Å². The Morgan fingerprint density at radius 1 is 0.815 bits per heavy atom. The molecule has 1 heterocycles. The zero-order valence-electron chi connectivity index (χ0n) is 15.0. The fraction of sp³-hybridized carbons (Fsp3) is 0.0870. The largest absolute Gasteiger partial charge is 0.457 e. The molecule has 0 saturated carbocycles. The van der Waals surface area contributed by atoms with E-state index in [1.54, 1.807) is 0 Å². The van der Waals surface area contributed by atoms with Crippen molar-refractivity contribution in [2.24, 2.45) is 0 Å². The molecule has 1 unspecified atom stereocenters. The molecule has 3 aromatic rings. The van der Waals surface area contributed by atoms with Crippen LogP contribution in [0.5, 0.6) is 5.75 Å². The predicted octanol–water partition coefficient (Wildman–Crippen LogP) is 4.80. The minimum absolute atomic E-state index is 0.250. The lowest BCUT2D eigenvalue weighted by Crippen LogP contribution is -2.44. The summed E-state index contributed by atoms with van der Waals surface area (Å²) in [4.78, 5) is 12.4. The van der Waals surface area contributed by atoms with Crippen molar-refractivity contribution in [1.29, 1.82) is 0 Å². The number of rotatable bonds is 4. The number of carbonyl (C=O) groups is 1. The van der Waals surface area contributed by atoms with Gasteiger partial charge >= 0.3 is 6.03 Å². The van der Waals surface area contributed by atoms with Gasteiger partial charge in [0.1, 0.15) is 11.8 Å². The number of benzene rings is 3. The molecule has 134 valence electrons. The van der Waals surface area contributed by atoms with Gasteiger partial charge in [-0.15, -0.1) is 0 Å². The first kappa shape index (κ1) is 16.9. The fourth-order valence-electron chi connectivity index (χ4n) is 3.09. The molecular weight excluding hydrogens is 336 g/mol. The van der Waals surface area contributed by atoms with E-state index in [0.717, 1.165) is 22.4 Å². The SMILES string of the molecule is Cc1ccc(C2=C(Oc3ccccc3)C(c3ccccc3)NC(=O)N2)cc1. The van der Waals surface area contributed by atoms with Crippen LogP contribution in [0.25, 0.3) is 5.70 Å². The Balaban J connectivity index is 1.85. The van der Waals surface area contributed by atoms with Gasteiger partial charge in [-0.2, -0.15) is 0 Å². The molecule has 0 fully saturated rings. The van der Waals surface area contributed by atoms with Gasteiger partial charge in [0.25, 0.3) is 0 Å². The van der Waals surface area contributed by atoms with Gasteiger partial charge in [-0.05, 0) is 24.6 Å². The number of amides is 2. The summed E-state index contributed by atoms with van der Waals surface area (Å²) in [5, 5.41) is 5.91. The second kappa shape index (κ2) is 7.38. The standard InChI is InChI=1S/C23H20N2O2/c1-16-12-14-18(15-13-16)21-22(27-19-10-6-3-7-11-19)20(24-23(26)25-21)17-8-4-2-5-9-17/h2-15,20H,1H3,(H2,24,25,26). The predicted molar refractivity (Wildman–Crippen MR) is 106 cm³/mol. The summed E-state index contributed by atoms with van der Waals surface area (Å²) in [6.45, 7) is 2.04. The van der Waals surface area contributed by atoms with Crippen molar-refractivity contribution >= 4 is 11.7 Å². The first-order chi connectivity index (χ1) is 13.2. The normalized spacial score (nSPS) is 16.5. The van der Waals surface area contributed by atoms with Crippen molar-refractivity contribution in [2.45, 2.75) is 13.0 Å². The summed E-state index contributed by atoms with van der Waals surface area (Å²) in [6.07, 6.45) is 0. The molecule has 0 aromatic heterocycles. The highest BCUT2D eigenvalue weighted by atomic mass is 16.5. The molecule has 0 saturated heterocycles. The lowest BCUT2D eigenvalue weighted by Gasteiger charge is -2.30. The minimum atomic E-state index is -0.378. The third-order valence-corrected chi connectivity index (χ3v) is 4.47. The number of aryl methyl sites for hydroxylation is 1. The van der Waals surface area contributed by atoms with E-state index in [9.17, 15) is 4.79 Å². The van der Waals surface area contributed by atoms with Crippen LogP contribution in [0.2, 0.25) is 0 Å². The average Bonchev–Trinajstić information content (AvgIpc) is 2.71. The molecule has 1 aliphatic heterocycles. The highest BCUT2D eigenvalue weighted by Crippen LogP contribution is 2.32. The van der Waals surface area contributed by atoms with Crippen molar-refractivity contribution < 1.29 is 9.53 Å². The van der Waals surface area contributed by atoms with Gasteiger partial charge in [0.2, 0.25) is 0 Å². The number of hydrogen-bond acceptors (Lipinski definition) is 2. The lowest BCUT2D eigenvalue weighted by molar-refractivity contribution is 0.234. The van der Waals surface area contributed by atoms with E-state index < -0.39 is 0 Å². The minimum Gasteiger partial charge on any atom is -0.457 e. The number of carbonyl (C=O) groups excluding carboxylic acids is 1. The highest BCUT2D eigenvalue weighted by molar-refractivity contribution is 5.89. The van der Waals surface area contributed by atoms with Crippen molar-refractivity contribution in [2.75, 3.05) is 0 Å². The maximum atomic E-state index is 12.4. The molecule has 3 aromatic carbocycles. The third kappa shape index (κ3) is 3.70. The molecule has 27 heavy (non-hydrogen) atoms. The first-order valence-electron chi connectivity index (χ1n) is 8.87. The van der Waals surface area contributed by atoms with Gasteiger partial charge in [0, 0.05) is 5.56 Å². The zero-order chi connectivity index (χ0) is 18.6. The maximum absolute atomic E-state index is 12.4. The average molecular weight is 356 g/mol. The second-order valence-corrected chi connectivity index (χ2v) is 6.46. The third-order valence-electron chi connectivity index (χ3n) is 4.47. The van der Waals surface area contributed by atoms with E-state index in [-0.39, 0.29) is 12.1 Å². The highest BCUT2D eigenvalue weighted by Gasteiger charge is 2.31. The Morgan fingerprint density at radius 2 is 1.44 bits per heavy atom. The van der Waals surface area contributed by atoms with E-state index in [1.807, 2.05) is 91.9 Å². The lowest BCUT2D eigenvalue weighted by atomic mass is 9.99. The van der Waals surface area contributed by atoms with E-state index in [4.69, 9.17) is 4.74 Å². The summed E-state index contributed by atoms with van der Waals surface area (Å²) in [5.41, 5.74) is 3.70. The van der Waals surface area contributed by atoms with Gasteiger partial charge in [0.15, 0.2) is 5.76 Å². The van der Waals surface area contributed by atoms with Crippen LogP contribution in [-0.4, -0.2) is 6.03 Å². The van der Waals surface area contributed by atoms with Gasteiger partial charge in [0.05, 0.1) is 5.70 Å². The zero-order valence-corrected chi connectivity index (χ0v) is 15.0. The smallest absolute Gasteiger partial charge is 0.320 e. The Morgan fingerprint density at radius 3 is 2.11 bits per heavy atom. The van der Waals surface area contributed by atoms with E-state index >= 15 is 0 Å². The molecule has 4 nitrogen and oxygen atoms in total. The van der Waals surface area contributed by atoms with Gasteiger partial charge < -0.3 is 15.4 Å². The van der Waals surface area contributed by atoms with E-state index in [0.29, 0.717) is 11.5 Å². The molecule has 0 spiro atoms. The topological polar surface area (TPSA) is 50.4 Å². The number of nitrogens with one attached hydrogen (secondary N) is 2. The number of ether oxygens (including phenoxy) is 1. The monoisotopic (exact) mass is 356 g/mol. The van der Waals surface area contributed by atoms with Crippen LogP contribution in [0, 0.1) is 6.92 Å². The summed E-state index contributed by atoms with van der Waals surface area (Å²) in [6, 6.07) is 26.8. The van der Waals surface area contributed by atoms with Crippen LogP contribution < -0.4 is 15.4 Å². The van der Waals surface area contributed by atoms with Gasteiger partial charge in [-0.1, -0.05) is 78.4 Å². The summed E-state index contributed by atoms with van der Waals surface area (Å²) in [5.74, 6) is 1.38. The molecule has 4 rings (SSSR count). The fourth-order valence-corrected chi connectivity index (χ4v) is 3.09. The molecule has 0 radical (unpaired) electrons. The Hall–Kier alpha value is -3.53. The van der Waals surface area contributed by atoms with Crippen LogP contribution in [0.3, 0.4) is 0 Å². The Kier molecular flexibility index (Phi) is 4.62. The summed E-state index contributed by atoms with van der Waals surface area (Å²) in [7, 11) is 0. The van der Waals surface area contributed by atoms with Crippen molar-refractivity contribution in [3.8, 4) is 5.75 Å². The number of hydrogen-bond donors (Lipinski definition) is 2. The molecule has 2 amide bonds. The van der Waals surface area contributed by atoms with Crippen molar-refractivity contribution in [3.63, 3.8) is 0 Å². The van der Waals surface area contributed by atoms with Crippen molar-refractivity contribution in [3.05, 3.63) is 107 Å². The molecule has 1 atom stereocenters.